The molecular weight excluding hydrogens is 478 g/mol. The molecule has 0 spiro atoms. The second-order valence-corrected chi connectivity index (χ2v) is 10.2. The molecule has 0 atom stereocenters. The smallest absolute Gasteiger partial charge is 0.247 e. The van der Waals surface area contributed by atoms with Gasteiger partial charge in [0.15, 0.2) is 0 Å². The fraction of sp³-hybridized carbons (Fsp3) is 0.300. The van der Waals surface area contributed by atoms with Crippen LogP contribution in [0.5, 0.6) is 0 Å². The Bertz CT molecular complexity index is 1080. The van der Waals surface area contributed by atoms with E-state index in [1.54, 1.807) is 48.5 Å². The lowest BCUT2D eigenvalue weighted by Crippen LogP contribution is -2.38. The van der Waals surface area contributed by atoms with Gasteiger partial charge in [-0.2, -0.15) is 4.31 Å². The Hall–Kier alpha value is -1.74. The van der Waals surface area contributed by atoms with Crippen molar-refractivity contribution in [2.75, 3.05) is 0 Å². The standard InChI is InChI=1S/C20H19BrClN3O3S/c21-15-7-11-18(12-8-15)29(26,27)25(17-3-1-2-4-17)13-19-23-24-20(28-19)14-5-9-16(22)10-6-14/h5-12,17H,1-4,13H2. The average molecular weight is 497 g/mol. The number of benzene rings is 2. The fourth-order valence-electron chi connectivity index (χ4n) is 3.50. The molecule has 1 saturated carbocycles. The second kappa shape index (κ2) is 8.55. The SMILES string of the molecule is O=S(=O)(c1ccc(Br)cc1)N(Cc1nnc(-c2ccc(Cl)cc2)o1)C1CCCC1. The molecule has 152 valence electrons. The molecule has 0 unspecified atom stereocenters. The molecule has 1 heterocycles. The number of aromatic nitrogens is 2. The van der Waals surface area contributed by atoms with Crippen molar-refractivity contribution < 1.29 is 12.8 Å². The van der Waals surface area contributed by atoms with Crippen LogP contribution in [0.15, 0.2) is 62.3 Å². The van der Waals surface area contributed by atoms with E-state index in [4.69, 9.17) is 16.0 Å². The number of rotatable bonds is 6. The van der Waals surface area contributed by atoms with Crippen LogP contribution in [0, 0.1) is 0 Å². The predicted octanol–water partition coefficient (Wildman–Crippen LogP) is 5.29. The average Bonchev–Trinajstić information content (AvgIpc) is 3.39. The van der Waals surface area contributed by atoms with Gasteiger partial charge in [0.2, 0.25) is 21.8 Å². The highest BCUT2D eigenvalue weighted by molar-refractivity contribution is 9.10. The van der Waals surface area contributed by atoms with Crippen LogP contribution in [-0.2, 0) is 16.6 Å². The lowest BCUT2D eigenvalue weighted by Gasteiger charge is -2.26. The van der Waals surface area contributed by atoms with Crippen molar-refractivity contribution in [1.29, 1.82) is 0 Å². The first-order chi connectivity index (χ1) is 13.9. The molecule has 0 radical (unpaired) electrons. The zero-order valence-electron chi connectivity index (χ0n) is 15.5. The zero-order chi connectivity index (χ0) is 20.4. The molecule has 1 aliphatic carbocycles. The van der Waals surface area contributed by atoms with E-state index in [0.717, 1.165) is 35.7 Å². The number of halogens is 2. The van der Waals surface area contributed by atoms with Crippen molar-refractivity contribution in [2.24, 2.45) is 0 Å². The van der Waals surface area contributed by atoms with Crippen LogP contribution in [0.2, 0.25) is 5.02 Å². The minimum atomic E-state index is -3.69. The third-order valence-corrected chi connectivity index (χ3v) is 7.69. The summed E-state index contributed by atoms with van der Waals surface area (Å²) in [5.74, 6) is 0.603. The summed E-state index contributed by atoms with van der Waals surface area (Å²) in [6.45, 7) is 0.0453. The van der Waals surface area contributed by atoms with Crippen LogP contribution in [0.4, 0.5) is 0 Å². The van der Waals surface area contributed by atoms with E-state index in [-0.39, 0.29) is 23.4 Å². The summed E-state index contributed by atoms with van der Waals surface area (Å²) in [5, 5.41) is 8.77. The van der Waals surface area contributed by atoms with Gasteiger partial charge in [-0.15, -0.1) is 10.2 Å². The van der Waals surface area contributed by atoms with Gasteiger partial charge in [0, 0.05) is 21.1 Å². The highest BCUT2D eigenvalue weighted by atomic mass is 79.9. The van der Waals surface area contributed by atoms with Gasteiger partial charge in [0.25, 0.3) is 0 Å². The van der Waals surface area contributed by atoms with E-state index < -0.39 is 10.0 Å². The van der Waals surface area contributed by atoms with Crippen molar-refractivity contribution in [1.82, 2.24) is 14.5 Å². The summed E-state index contributed by atoms with van der Waals surface area (Å²) >= 11 is 9.27. The number of hydrogen-bond donors (Lipinski definition) is 0. The molecular formula is C20H19BrClN3O3S. The highest BCUT2D eigenvalue weighted by Gasteiger charge is 2.34. The Morgan fingerprint density at radius 3 is 2.34 bits per heavy atom. The maximum Gasteiger partial charge on any atom is 0.247 e. The summed E-state index contributed by atoms with van der Waals surface area (Å²) in [5.41, 5.74) is 0.733. The molecule has 0 N–H and O–H groups in total. The molecule has 6 nitrogen and oxygen atoms in total. The summed E-state index contributed by atoms with van der Waals surface area (Å²) in [4.78, 5) is 0.255. The van der Waals surface area contributed by atoms with Gasteiger partial charge in [-0.1, -0.05) is 40.4 Å². The third-order valence-electron chi connectivity index (χ3n) is 5.00. The third kappa shape index (κ3) is 4.55. The molecule has 3 aromatic rings. The van der Waals surface area contributed by atoms with Crippen molar-refractivity contribution in [3.8, 4) is 11.5 Å². The second-order valence-electron chi connectivity index (χ2n) is 6.95. The van der Waals surface area contributed by atoms with Gasteiger partial charge in [-0.25, -0.2) is 8.42 Å². The van der Waals surface area contributed by atoms with Crippen LogP contribution < -0.4 is 0 Å². The van der Waals surface area contributed by atoms with Gasteiger partial charge in [0.1, 0.15) is 0 Å². The first-order valence-electron chi connectivity index (χ1n) is 9.29. The van der Waals surface area contributed by atoms with Gasteiger partial charge >= 0.3 is 0 Å². The topological polar surface area (TPSA) is 76.3 Å². The Morgan fingerprint density at radius 1 is 1.03 bits per heavy atom. The molecule has 9 heteroatoms. The predicted molar refractivity (Wildman–Crippen MR) is 114 cm³/mol. The quantitative estimate of drug-likeness (QED) is 0.464. The molecule has 0 aliphatic heterocycles. The molecule has 1 aliphatic rings. The van der Waals surface area contributed by atoms with E-state index in [0.29, 0.717) is 10.9 Å². The lowest BCUT2D eigenvalue weighted by atomic mass is 10.2. The monoisotopic (exact) mass is 495 g/mol. The van der Waals surface area contributed by atoms with Crippen molar-refractivity contribution in [2.45, 2.75) is 43.2 Å². The van der Waals surface area contributed by atoms with Gasteiger partial charge in [-0.3, -0.25) is 0 Å². The van der Waals surface area contributed by atoms with Crippen LogP contribution in [0.25, 0.3) is 11.5 Å². The normalized spacial score (nSPS) is 15.3. The highest BCUT2D eigenvalue weighted by Crippen LogP contribution is 2.31. The Morgan fingerprint density at radius 2 is 1.69 bits per heavy atom. The molecule has 0 saturated heterocycles. The minimum absolute atomic E-state index is 0.0453. The molecule has 29 heavy (non-hydrogen) atoms. The van der Waals surface area contributed by atoms with Crippen LogP contribution >= 0.6 is 27.5 Å². The summed E-state index contributed by atoms with van der Waals surface area (Å²) in [6, 6.07) is 13.6. The van der Waals surface area contributed by atoms with Gasteiger partial charge < -0.3 is 4.42 Å². The zero-order valence-corrected chi connectivity index (χ0v) is 18.6. The number of hydrogen-bond acceptors (Lipinski definition) is 5. The maximum atomic E-state index is 13.4. The molecule has 2 aromatic carbocycles. The van der Waals surface area contributed by atoms with Crippen molar-refractivity contribution in [3.63, 3.8) is 0 Å². The summed E-state index contributed by atoms with van der Waals surface area (Å²) in [7, 11) is -3.69. The molecule has 1 aromatic heterocycles. The largest absolute Gasteiger partial charge is 0.419 e. The van der Waals surface area contributed by atoms with Crippen molar-refractivity contribution in [3.05, 3.63) is 63.9 Å². The Balaban J connectivity index is 1.63. The first kappa shape index (κ1) is 20.5. The van der Waals surface area contributed by atoms with Gasteiger partial charge in [0.05, 0.1) is 11.4 Å². The fourth-order valence-corrected chi connectivity index (χ4v) is 5.53. The van der Waals surface area contributed by atoms with Crippen LogP contribution in [0.3, 0.4) is 0 Å². The molecule has 0 bridgehead atoms. The van der Waals surface area contributed by atoms with Gasteiger partial charge in [-0.05, 0) is 61.4 Å². The Labute approximate surface area is 183 Å². The lowest BCUT2D eigenvalue weighted by molar-refractivity contribution is 0.288. The molecule has 0 amide bonds. The van der Waals surface area contributed by atoms with Crippen molar-refractivity contribution >= 4 is 37.6 Å². The number of nitrogens with zero attached hydrogens (tertiary/aromatic N) is 3. The first-order valence-corrected chi connectivity index (χ1v) is 11.9. The summed E-state index contributed by atoms with van der Waals surface area (Å²) < 4.78 is 34.8. The number of sulfonamides is 1. The van der Waals surface area contributed by atoms with Crippen LogP contribution in [0.1, 0.15) is 31.6 Å². The van der Waals surface area contributed by atoms with E-state index >= 15 is 0 Å². The van der Waals surface area contributed by atoms with E-state index in [9.17, 15) is 8.42 Å². The van der Waals surface area contributed by atoms with E-state index in [1.807, 2.05) is 0 Å². The molecule has 1 fully saturated rings. The summed E-state index contributed by atoms with van der Waals surface area (Å²) in [6.07, 6.45) is 3.68. The minimum Gasteiger partial charge on any atom is -0.419 e. The Kier molecular flexibility index (Phi) is 6.06. The maximum absolute atomic E-state index is 13.4. The van der Waals surface area contributed by atoms with E-state index in [1.165, 1.54) is 4.31 Å². The van der Waals surface area contributed by atoms with E-state index in [2.05, 4.69) is 26.1 Å². The molecule has 4 rings (SSSR count). The van der Waals surface area contributed by atoms with Crippen LogP contribution in [-0.4, -0.2) is 29.0 Å².